The maximum atomic E-state index is 10.2. The maximum Gasteiger partial charge on any atom is 0.160 e. The molecule has 0 bridgehead atoms. The van der Waals surface area contributed by atoms with E-state index in [1.165, 1.54) is 0 Å². The lowest BCUT2D eigenvalue weighted by Gasteiger charge is -2.22. The molecule has 0 spiro atoms. The van der Waals surface area contributed by atoms with Crippen LogP contribution in [0.3, 0.4) is 0 Å². The van der Waals surface area contributed by atoms with Crippen molar-refractivity contribution < 1.29 is 5.11 Å². The van der Waals surface area contributed by atoms with E-state index >= 15 is 0 Å². The second-order valence-corrected chi connectivity index (χ2v) is 6.40. The first kappa shape index (κ1) is 14.5. The average molecular weight is 329 g/mol. The summed E-state index contributed by atoms with van der Waals surface area (Å²) in [4.78, 5) is 4.74. The number of aromatic nitrogens is 3. The van der Waals surface area contributed by atoms with Gasteiger partial charge < -0.3 is 10.8 Å². The zero-order valence-corrected chi connectivity index (χ0v) is 13.3. The van der Waals surface area contributed by atoms with Crippen molar-refractivity contribution in [2.24, 2.45) is 0 Å². The standard InChI is InChI=1S/C17H17ClN4O/c18-11-6-4-10(5-7-11)9-22-17-12(8-20-22)16(19)15-13(21-17)2-1-3-14(15)23/h4-8,14,23H,1-3,9H2,(H2,19,21). The number of aliphatic hydroxyl groups excluding tert-OH is 1. The molecule has 23 heavy (non-hydrogen) atoms. The number of pyridine rings is 1. The Kier molecular flexibility index (Phi) is 3.47. The normalized spacial score (nSPS) is 17.4. The van der Waals surface area contributed by atoms with E-state index in [-0.39, 0.29) is 0 Å². The van der Waals surface area contributed by atoms with Gasteiger partial charge in [-0.1, -0.05) is 23.7 Å². The van der Waals surface area contributed by atoms with Crippen LogP contribution in [0.25, 0.3) is 11.0 Å². The van der Waals surface area contributed by atoms with E-state index in [2.05, 4.69) is 5.10 Å². The molecule has 0 saturated heterocycles. The number of halogens is 1. The predicted octanol–water partition coefficient (Wildman–Crippen LogP) is 3.08. The van der Waals surface area contributed by atoms with Crippen LogP contribution in [-0.2, 0) is 13.0 Å². The quantitative estimate of drug-likeness (QED) is 0.758. The molecule has 5 nitrogen and oxygen atoms in total. The van der Waals surface area contributed by atoms with Gasteiger partial charge in [0, 0.05) is 10.6 Å². The van der Waals surface area contributed by atoms with Crippen LogP contribution in [-0.4, -0.2) is 19.9 Å². The fourth-order valence-corrected chi connectivity index (χ4v) is 3.35. The van der Waals surface area contributed by atoms with Crippen LogP contribution in [0.5, 0.6) is 0 Å². The van der Waals surface area contributed by atoms with Crippen molar-refractivity contribution in [2.45, 2.75) is 31.9 Å². The van der Waals surface area contributed by atoms with Crippen LogP contribution in [0, 0.1) is 0 Å². The van der Waals surface area contributed by atoms with Crippen molar-refractivity contribution >= 4 is 28.3 Å². The number of nitrogen functional groups attached to an aromatic ring is 1. The summed E-state index contributed by atoms with van der Waals surface area (Å²) in [5.74, 6) is 0. The Labute approximate surface area is 138 Å². The molecule has 118 valence electrons. The van der Waals surface area contributed by atoms with Gasteiger partial charge in [-0.15, -0.1) is 0 Å². The summed E-state index contributed by atoms with van der Waals surface area (Å²) in [5, 5.41) is 16.2. The van der Waals surface area contributed by atoms with Gasteiger partial charge in [0.05, 0.1) is 35.6 Å². The molecule has 1 aliphatic rings. The van der Waals surface area contributed by atoms with Gasteiger partial charge in [0.2, 0.25) is 0 Å². The van der Waals surface area contributed by atoms with Gasteiger partial charge in [-0.05, 0) is 37.0 Å². The number of aliphatic hydroxyl groups is 1. The van der Waals surface area contributed by atoms with E-state index in [4.69, 9.17) is 22.3 Å². The molecule has 0 fully saturated rings. The number of aryl methyl sites for hydroxylation is 1. The summed E-state index contributed by atoms with van der Waals surface area (Å²) >= 11 is 5.93. The largest absolute Gasteiger partial charge is 0.398 e. The lowest BCUT2D eigenvalue weighted by molar-refractivity contribution is 0.156. The smallest absolute Gasteiger partial charge is 0.160 e. The third-order valence-electron chi connectivity index (χ3n) is 4.41. The Morgan fingerprint density at radius 2 is 2.09 bits per heavy atom. The molecule has 0 aliphatic heterocycles. The van der Waals surface area contributed by atoms with Gasteiger partial charge in [-0.3, -0.25) is 0 Å². The summed E-state index contributed by atoms with van der Waals surface area (Å²) in [6.07, 6.45) is 3.73. The third-order valence-corrected chi connectivity index (χ3v) is 4.67. The molecule has 4 rings (SSSR count). The van der Waals surface area contributed by atoms with E-state index in [1.807, 2.05) is 28.9 Å². The number of hydrogen-bond donors (Lipinski definition) is 2. The third kappa shape index (κ3) is 2.46. The first-order valence-electron chi connectivity index (χ1n) is 7.70. The lowest BCUT2D eigenvalue weighted by Crippen LogP contribution is -2.15. The second-order valence-electron chi connectivity index (χ2n) is 5.96. The molecule has 3 aromatic rings. The van der Waals surface area contributed by atoms with Crippen LogP contribution < -0.4 is 5.73 Å². The molecule has 1 aromatic carbocycles. The molecule has 1 unspecified atom stereocenters. The molecule has 3 N–H and O–H groups in total. The first-order valence-corrected chi connectivity index (χ1v) is 8.07. The van der Waals surface area contributed by atoms with Gasteiger partial charge >= 0.3 is 0 Å². The van der Waals surface area contributed by atoms with E-state index < -0.39 is 6.10 Å². The zero-order valence-electron chi connectivity index (χ0n) is 12.5. The lowest BCUT2D eigenvalue weighted by atomic mass is 9.91. The van der Waals surface area contributed by atoms with E-state index in [0.717, 1.165) is 47.1 Å². The highest BCUT2D eigenvalue weighted by molar-refractivity contribution is 6.30. The monoisotopic (exact) mass is 328 g/mol. The van der Waals surface area contributed by atoms with Crippen molar-refractivity contribution in [3.63, 3.8) is 0 Å². The average Bonchev–Trinajstić information content (AvgIpc) is 2.93. The van der Waals surface area contributed by atoms with E-state index in [0.29, 0.717) is 17.3 Å². The van der Waals surface area contributed by atoms with Gasteiger partial charge in [-0.25, -0.2) is 9.67 Å². The summed E-state index contributed by atoms with van der Waals surface area (Å²) in [6.45, 7) is 0.606. The molecule has 0 radical (unpaired) electrons. The van der Waals surface area contributed by atoms with Gasteiger partial charge in [-0.2, -0.15) is 5.10 Å². The van der Waals surface area contributed by atoms with Crippen LogP contribution in [0.4, 0.5) is 5.69 Å². The summed E-state index contributed by atoms with van der Waals surface area (Å²) in [7, 11) is 0. The Hall–Kier alpha value is -2.11. The molecule has 1 atom stereocenters. The number of nitrogens with zero attached hydrogens (tertiary/aromatic N) is 3. The molecule has 2 aromatic heterocycles. The molecular weight excluding hydrogens is 312 g/mol. The van der Waals surface area contributed by atoms with Crippen LogP contribution in [0.1, 0.15) is 35.8 Å². The highest BCUT2D eigenvalue weighted by Crippen LogP contribution is 2.36. The fourth-order valence-electron chi connectivity index (χ4n) is 3.22. The van der Waals surface area contributed by atoms with Crippen molar-refractivity contribution in [3.05, 3.63) is 52.3 Å². The number of fused-ring (bicyclic) bond motifs is 2. The molecule has 2 heterocycles. The Morgan fingerprint density at radius 1 is 1.30 bits per heavy atom. The van der Waals surface area contributed by atoms with Crippen molar-refractivity contribution in [2.75, 3.05) is 5.73 Å². The van der Waals surface area contributed by atoms with Gasteiger partial charge in [0.1, 0.15) is 0 Å². The fraction of sp³-hybridized carbons (Fsp3) is 0.294. The maximum absolute atomic E-state index is 10.2. The van der Waals surface area contributed by atoms with Crippen LogP contribution >= 0.6 is 11.6 Å². The number of rotatable bonds is 2. The predicted molar refractivity (Wildman–Crippen MR) is 90.4 cm³/mol. The Bertz CT molecular complexity index is 872. The zero-order chi connectivity index (χ0) is 16.0. The van der Waals surface area contributed by atoms with Crippen molar-refractivity contribution in [3.8, 4) is 0 Å². The topological polar surface area (TPSA) is 77.0 Å². The highest BCUT2D eigenvalue weighted by atomic mass is 35.5. The summed E-state index contributed by atoms with van der Waals surface area (Å²) in [6, 6.07) is 7.67. The molecule has 0 amide bonds. The van der Waals surface area contributed by atoms with Crippen molar-refractivity contribution in [1.29, 1.82) is 0 Å². The van der Waals surface area contributed by atoms with E-state index in [9.17, 15) is 5.11 Å². The minimum atomic E-state index is -0.518. The van der Waals surface area contributed by atoms with Crippen molar-refractivity contribution in [1.82, 2.24) is 14.8 Å². The van der Waals surface area contributed by atoms with Gasteiger partial charge in [0.25, 0.3) is 0 Å². The molecule has 6 heteroatoms. The first-order chi connectivity index (χ1) is 11.1. The van der Waals surface area contributed by atoms with Crippen LogP contribution in [0.2, 0.25) is 5.02 Å². The Balaban J connectivity index is 1.80. The summed E-state index contributed by atoms with van der Waals surface area (Å²) in [5.41, 5.74) is 10.4. The molecule has 1 aliphatic carbocycles. The molecular formula is C17H17ClN4O. The number of benzene rings is 1. The SMILES string of the molecule is Nc1c2c(nc3c1cnn3Cc1ccc(Cl)cc1)CCCC2O. The highest BCUT2D eigenvalue weighted by Gasteiger charge is 2.25. The minimum Gasteiger partial charge on any atom is -0.398 e. The number of hydrogen-bond acceptors (Lipinski definition) is 4. The van der Waals surface area contributed by atoms with Gasteiger partial charge in [0.15, 0.2) is 5.65 Å². The second kappa shape index (κ2) is 5.51. The minimum absolute atomic E-state index is 0.518. The Morgan fingerprint density at radius 3 is 2.87 bits per heavy atom. The summed E-state index contributed by atoms with van der Waals surface area (Å²) < 4.78 is 1.84. The molecule has 0 saturated carbocycles. The number of nitrogens with two attached hydrogens (primary N) is 1. The van der Waals surface area contributed by atoms with E-state index in [1.54, 1.807) is 6.20 Å². The van der Waals surface area contributed by atoms with Crippen LogP contribution in [0.15, 0.2) is 30.5 Å². The number of anilines is 1.